The average Bonchev–Trinajstić information content (AvgIpc) is 3.21. The molecule has 4 aliphatic rings. The molecule has 0 radical (unpaired) electrons. The summed E-state index contributed by atoms with van der Waals surface area (Å²) in [5, 5.41) is 0. The van der Waals surface area contributed by atoms with Gasteiger partial charge in [-0.15, -0.1) is 0 Å². The summed E-state index contributed by atoms with van der Waals surface area (Å²) in [4.78, 5) is 28.1. The molecule has 0 aromatic heterocycles. The van der Waals surface area contributed by atoms with Gasteiger partial charge in [0.1, 0.15) is 5.75 Å². The van der Waals surface area contributed by atoms with E-state index >= 15 is 0 Å². The lowest BCUT2D eigenvalue weighted by Crippen LogP contribution is -2.35. The van der Waals surface area contributed by atoms with Gasteiger partial charge in [0.2, 0.25) is 11.8 Å². The van der Waals surface area contributed by atoms with E-state index in [1.54, 1.807) is 31.4 Å². The number of hydrogen-bond acceptors (Lipinski definition) is 3. The summed E-state index contributed by atoms with van der Waals surface area (Å²) in [6.07, 6.45) is 5.52. The van der Waals surface area contributed by atoms with Crippen molar-refractivity contribution in [3.8, 4) is 5.75 Å². The van der Waals surface area contributed by atoms with Gasteiger partial charge >= 0.3 is 0 Å². The van der Waals surface area contributed by atoms with Gasteiger partial charge in [0, 0.05) is 0 Å². The van der Waals surface area contributed by atoms with Gasteiger partial charge in [0.05, 0.1) is 24.6 Å². The number of carbonyl (C=O) groups excluding carboxylic acids is 2. The first-order valence-corrected chi connectivity index (χ1v) is 9.92. The van der Waals surface area contributed by atoms with E-state index in [4.69, 9.17) is 4.74 Å². The van der Waals surface area contributed by atoms with Gasteiger partial charge in [-0.1, -0.05) is 42.5 Å². The van der Waals surface area contributed by atoms with Gasteiger partial charge in [-0.05, 0) is 59.4 Å². The quantitative estimate of drug-likeness (QED) is 0.609. The largest absolute Gasteiger partial charge is 0.497 e. The van der Waals surface area contributed by atoms with Crippen LogP contribution in [0.5, 0.6) is 5.75 Å². The summed E-state index contributed by atoms with van der Waals surface area (Å²) in [6, 6.07) is 17.7. The number of benzene rings is 2. The fourth-order valence-electron chi connectivity index (χ4n) is 6.33. The van der Waals surface area contributed by atoms with Crippen molar-refractivity contribution in [2.45, 2.75) is 12.3 Å². The predicted molar refractivity (Wildman–Crippen MR) is 105 cm³/mol. The highest BCUT2D eigenvalue weighted by Gasteiger charge is 2.77. The molecular weight excluding hydrogens is 350 g/mol. The molecule has 0 N–H and O–H groups in total. The van der Waals surface area contributed by atoms with E-state index in [9.17, 15) is 9.59 Å². The Morgan fingerprint density at radius 2 is 1.50 bits per heavy atom. The number of imide groups is 1. The zero-order valence-electron chi connectivity index (χ0n) is 15.6. The maximum absolute atomic E-state index is 13.3. The highest BCUT2D eigenvalue weighted by Crippen LogP contribution is 2.79. The van der Waals surface area contributed by atoms with Crippen molar-refractivity contribution in [3.05, 3.63) is 72.3 Å². The van der Waals surface area contributed by atoms with Crippen LogP contribution in [0.1, 0.15) is 17.9 Å². The number of nitrogens with zero attached hydrogens (tertiary/aromatic N) is 1. The first-order chi connectivity index (χ1) is 13.7. The van der Waals surface area contributed by atoms with E-state index in [2.05, 4.69) is 36.4 Å². The van der Waals surface area contributed by atoms with E-state index in [-0.39, 0.29) is 40.9 Å². The second kappa shape index (κ2) is 5.34. The zero-order chi connectivity index (χ0) is 19.0. The van der Waals surface area contributed by atoms with Gasteiger partial charge in [-0.25, -0.2) is 0 Å². The second-order valence-electron chi connectivity index (χ2n) is 8.48. The molecule has 1 aliphatic heterocycles. The maximum Gasteiger partial charge on any atom is 0.238 e. The molecule has 2 amide bonds. The standard InChI is InChI=1S/C24H21NO3/c1-28-16-9-7-15(8-10-16)25-22(26)20-17-11-12-18(21(20)23(25)27)24(17)13-19(24)14-5-3-2-4-6-14/h2-12,17-21H,13H2,1H3/t17-,18-,19-,20+,21+/m1/s1. The van der Waals surface area contributed by atoms with Crippen LogP contribution >= 0.6 is 0 Å². The molecule has 2 saturated carbocycles. The van der Waals surface area contributed by atoms with Crippen LogP contribution in [-0.4, -0.2) is 18.9 Å². The first-order valence-electron chi connectivity index (χ1n) is 9.92. The first kappa shape index (κ1) is 16.1. The van der Waals surface area contributed by atoms with E-state index in [0.717, 1.165) is 6.42 Å². The molecule has 2 aromatic carbocycles. The lowest BCUT2D eigenvalue weighted by atomic mass is 9.85. The molecule has 1 spiro atoms. The Bertz CT molecular complexity index is 978. The summed E-state index contributed by atoms with van der Waals surface area (Å²) in [7, 11) is 1.60. The minimum atomic E-state index is -0.210. The van der Waals surface area contributed by atoms with Crippen molar-refractivity contribution in [1.29, 1.82) is 0 Å². The van der Waals surface area contributed by atoms with E-state index < -0.39 is 0 Å². The Kier molecular flexibility index (Phi) is 3.07. The third-order valence-corrected chi connectivity index (χ3v) is 7.52. The topological polar surface area (TPSA) is 46.6 Å². The van der Waals surface area contributed by atoms with Crippen LogP contribution in [0.3, 0.4) is 0 Å². The van der Waals surface area contributed by atoms with Gasteiger partial charge in [-0.2, -0.15) is 0 Å². The molecule has 1 heterocycles. The number of fused-ring (bicyclic) bond motifs is 3. The molecule has 140 valence electrons. The highest BCUT2D eigenvalue weighted by molar-refractivity contribution is 6.23. The third-order valence-electron chi connectivity index (χ3n) is 7.52. The van der Waals surface area contributed by atoms with Crippen molar-refractivity contribution < 1.29 is 14.3 Å². The van der Waals surface area contributed by atoms with Crippen molar-refractivity contribution in [2.24, 2.45) is 29.1 Å². The molecule has 3 fully saturated rings. The third kappa shape index (κ3) is 1.81. The summed E-state index contributed by atoms with van der Waals surface area (Å²) < 4.78 is 5.20. The summed E-state index contributed by atoms with van der Waals surface area (Å²) >= 11 is 0. The molecule has 28 heavy (non-hydrogen) atoms. The molecular formula is C24H21NO3. The Hall–Kier alpha value is -2.88. The van der Waals surface area contributed by atoms with E-state index in [1.807, 2.05) is 6.07 Å². The van der Waals surface area contributed by atoms with Crippen molar-refractivity contribution >= 4 is 17.5 Å². The predicted octanol–water partition coefficient (Wildman–Crippen LogP) is 3.79. The molecule has 5 atom stereocenters. The van der Waals surface area contributed by atoms with E-state index in [0.29, 0.717) is 17.4 Å². The Morgan fingerprint density at radius 3 is 2.07 bits per heavy atom. The average molecular weight is 371 g/mol. The zero-order valence-corrected chi connectivity index (χ0v) is 15.6. The fourth-order valence-corrected chi connectivity index (χ4v) is 6.33. The van der Waals surface area contributed by atoms with Crippen LogP contribution in [0.25, 0.3) is 0 Å². The maximum atomic E-state index is 13.3. The monoisotopic (exact) mass is 371 g/mol. The number of rotatable bonds is 3. The van der Waals surface area contributed by atoms with Gasteiger partial charge in [-0.3, -0.25) is 14.5 Å². The van der Waals surface area contributed by atoms with Crippen molar-refractivity contribution in [2.75, 3.05) is 12.0 Å². The van der Waals surface area contributed by atoms with Gasteiger partial charge < -0.3 is 4.74 Å². The molecule has 4 heteroatoms. The normalized spacial score (nSPS) is 37.0. The molecule has 0 unspecified atom stereocenters. The van der Waals surface area contributed by atoms with Crippen LogP contribution in [0, 0.1) is 29.1 Å². The second-order valence-corrected chi connectivity index (χ2v) is 8.48. The highest BCUT2D eigenvalue weighted by atomic mass is 16.5. The number of hydrogen-bond donors (Lipinski definition) is 0. The number of anilines is 1. The summed E-state index contributed by atoms with van der Waals surface area (Å²) in [5.41, 5.74) is 2.07. The number of carbonyl (C=O) groups is 2. The van der Waals surface area contributed by atoms with Crippen molar-refractivity contribution in [1.82, 2.24) is 0 Å². The smallest absolute Gasteiger partial charge is 0.238 e. The van der Waals surface area contributed by atoms with Crippen LogP contribution < -0.4 is 9.64 Å². The fraction of sp³-hybridized carbons (Fsp3) is 0.333. The minimum absolute atomic E-state index is 0.0323. The SMILES string of the molecule is COc1ccc(N2C(=O)[C@@H]3[C@@H](C2=O)[C@H]2C=C[C@H]3C23C[C@@H]3c2ccccc2)cc1. The molecule has 3 aliphatic carbocycles. The number of methoxy groups -OCH3 is 1. The summed E-state index contributed by atoms with van der Waals surface area (Å²) in [6.45, 7) is 0. The van der Waals surface area contributed by atoms with Crippen LogP contribution in [0.15, 0.2) is 66.7 Å². The van der Waals surface area contributed by atoms with Crippen LogP contribution in [-0.2, 0) is 9.59 Å². The van der Waals surface area contributed by atoms with Crippen LogP contribution in [0.2, 0.25) is 0 Å². The Balaban J connectivity index is 1.34. The van der Waals surface area contributed by atoms with Crippen molar-refractivity contribution in [3.63, 3.8) is 0 Å². The van der Waals surface area contributed by atoms with E-state index in [1.165, 1.54) is 10.5 Å². The minimum Gasteiger partial charge on any atom is -0.497 e. The lowest BCUT2D eigenvalue weighted by Gasteiger charge is -2.23. The molecule has 2 bridgehead atoms. The number of ether oxygens (including phenoxy) is 1. The van der Waals surface area contributed by atoms with Crippen LogP contribution in [0.4, 0.5) is 5.69 Å². The Labute approximate surface area is 163 Å². The van der Waals surface area contributed by atoms with Gasteiger partial charge in [0.25, 0.3) is 0 Å². The Morgan fingerprint density at radius 1 is 0.893 bits per heavy atom. The number of allylic oxidation sites excluding steroid dienone is 2. The summed E-state index contributed by atoms with van der Waals surface area (Å²) in [5.74, 6) is 1.04. The molecule has 6 rings (SSSR count). The number of amides is 2. The van der Waals surface area contributed by atoms with Gasteiger partial charge in [0.15, 0.2) is 0 Å². The molecule has 4 nitrogen and oxygen atoms in total. The lowest BCUT2D eigenvalue weighted by molar-refractivity contribution is -0.123. The molecule has 2 aromatic rings. The molecule has 1 saturated heterocycles.